The van der Waals surface area contributed by atoms with E-state index in [0.717, 1.165) is 49.9 Å². The van der Waals surface area contributed by atoms with E-state index in [1.165, 1.54) is 32.3 Å². The van der Waals surface area contributed by atoms with Crippen LogP contribution in [-0.4, -0.2) is 8.07 Å². The van der Waals surface area contributed by atoms with Crippen LogP contribution in [0.4, 0.5) is 34.1 Å². The molecule has 2 nitrogen and oxygen atoms in total. The minimum absolute atomic E-state index is 0.00500. The highest BCUT2D eigenvalue weighted by molar-refractivity contribution is 7.20. The number of halogens is 1. The van der Waals surface area contributed by atoms with Crippen molar-refractivity contribution in [2.24, 2.45) is 0 Å². The third-order valence-electron chi connectivity index (χ3n) is 12.8. The Balaban J connectivity index is 1.34. The number of rotatable bonds is 10. The second-order valence-electron chi connectivity index (χ2n) is 20.6. The molecule has 0 atom stereocenters. The lowest BCUT2D eigenvalue weighted by molar-refractivity contribution is 0.590. The van der Waals surface area contributed by atoms with E-state index < -0.39 is 8.07 Å². The lowest BCUT2D eigenvalue weighted by atomic mass is 9.86. The van der Waals surface area contributed by atoms with Crippen LogP contribution in [0.3, 0.4) is 0 Å². The number of aryl methyl sites for hydroxylation is 1. The Morgan fingerprint density at radius 1 is 0.354 bits per heavy atom. The normalized spacial score (nSPS) is 12.2. The first kappa shape index (κ1) is 45.4. The molecule has 0 saturated carbocycles. The zero-order valence-corrected chi connectivity index (χ0v) is 41.6. The zero-order valence-electron chi connectivity index (χ0n) is 39.8. The molecule has 328 valence electrons. The molecule has 8 aromatic rings. The minimum Gasteiger partial charge on any atom is -0.311 e. The Morgan fingerprint density at radius 3 is 0.923 bits per heavy atom. The first-order valence-corrected chi connectivity index (χ1v) is 25.3. The quantitative estimate of drug-likeness (QED) is 0.0997. The topological polar surface area (TPSA) is 6.48 Å². The van der Waals surface area contributed by atoms with Crippen molar-refractivity contribution in [3.63, 3.8) is 0 Å². The minimum atomic E-state index is -2.99. The third-order valence-corrected chi connectivity index (χ3v) is 18.2. The average Bonchev–Trinajstić information content (AvgIpc) is 3.29. The number of hydrogen-bond donors (Lipinski definition) is 0. The second kappa shape index (κ2) is 18.0. The number of anilines is 6. The third kappa shape index (κ3) is 9.23. The monoisotopic (exact) mass is 886 g/mol. The van der Waals surface area contributed by atoms with E-state index >= 15 is 0 Å². The van der Waals surface area contributed by atoms with Crippen LogP contribution in [0, 0.1) is 6.92 Å². The fraction of sp³-hybridized carbons (Fsp3) is 0.213. The summed E-state index contributed by atoms with van der Waals surface area (Å²) in [5, 5.41) is 5.77. The Hall–Kier alpha value is -6.13. The van der Waals surface area contributed by atoms with E-state index in [2.05, 4.69) is 279 Å². The van der Waals surface area contributed by atoms with E-state index in [0.29, 0.717) is 0 Å². The molecular weight excluding hydrogens is 824 g/mol. The average molecular weight is 888 g/mol. The molecule has 0 aromatic heterocycles. The molecule has 4 heteroatoms. The van der Waals surface area contributed by atoms with Gasteiger partial charge in [-0.25, -0.2) is 0 Å². The van der Waals surface area contributed by atoms with Crippen molar-refractivity contribution in [1.82, 2.24) is 0 Å². The molecule has 0 heterocycles. The summed E-state index contributed by atoms with van der Waals surface area (Å²) in [7, 11) is -2.99. The maximum absolute atomic E-state index is 8.13. The fourth-order valence-corrected chi connectivity index (χ4v) is 14.7. The van der Waals surface area contributed by atoms with Crippen LogP contribution in [0.25, 0.3) is 0 Å². The Labute approximate surface area is 395 Å². The zero-order chi connectivity index (χ0) is 46.1. The second-order valence-corrected chi connectivity index (χ2v) is 24.7. The van der Waals surface area contributed by atoms with Crippen LogP contribution in [0.15, 0.2) is 200 Å². The van der Waals surface area contributed by atoms with Crippen molar-refractivity contribution in [1.29, 1.82) is 0 Å². The van der Waals surface area contributed by atoms with Gasteiger partial charge in [0.05, 0.1) is 10.7 Å². The van der Waals surface area contributed by atoms with Gasteiger partial charge < -0.3 is 9.80 Å². The van der Waals surface area contributed by atoms with Crippen molar-refractivity contribution in [3.8, 4) is 0 Å². The molecule has 0 spiro atoms. The molecule has 0 saturated heterocycles. The van der Waals surface area contributed by atoms with Crippen LogP contribution in [0.1, 0.15) is 84.6 Å². The fourth-order valence-electron chi connectivity index (χ4n) is 9.17. The number of nitrogens with zero attached hydrogens (tertiary/aromatic N) is 2. The summed E-state index contributed by atoms with van der Waals surface area (Å²) < 4.78 is 0. The van der Waals surface area contributed by atoms with Crippen molar-refractivity contribution in [2.75, 3.05) is 9.80 Å². The summed E-state index contributed by atoms with van der Waals surface area (Å²) in [6, 6.07) is 73.9. The SMILES string of the molecule is Cc1cc(N(c2ccc(N(c3ccc(C(C)(C)C)cc3)c3ccc(C(C)(C)C)cc3)cc2)c2ccc(C(C)(C)C)cc2)c(Cl)c([Si](c2ccccc2)(c2ccccc2)c2ccccc2)c1. The molecule has 65 heavy (non-hydrogen) atoms. The van der Waals surface area contributed by atoms with E-state index in [1.54, 1.807) is 0 Å². The lowest BCUT2D eigenvalue weighted by Gasteiger charge is -2.37. The maximum Gasteiger partial charge on any atom is 0.181 e. The van der Waals surface area contributed by atoms with Gasteiger partial charge in [-0.2, -0.15) is 0 Å². The highest BCUT2D eigenvalue weighted by atomic mass is 35.5. The van der Waals surface area contributed by atoms with Gasteiger partial charge in [0.15, 0.2) is 8.07 Å². The Bertz CT molecular complexity index is 2680. The molecule has 0 aliphatic carbocycles. The van der Waals surface area contributed by atoms with Crippen LogP contribution >= 0.6 is 11.6 Å². The summed E-state index contributed by atoms with van der Waals surface area (Å²) in [4.78, 5) is 4.72. The molecular formula is C61H63ClN2Si. The van der Waals surface area contributed by atoms with Gasteiger partial charge in [-0.15, -0.1) is 0 Å². The van der Waals surface area contributed by atoms with Crippen molar-refractivity contribution < 1.29 is 0 Å². The smallest absolute Gasteiger partial charge is 0.181 e. The molecule has 0 aliphatic heterocycles. The summed E-state index contributed by atoms with van der Waals surface area (Å²) in [5.41, 5.74) is 11.5. The van der Waals surface area contributed by atoms with Gasteiger partial charge >= 0.3 is 0 Å². The highest BCUT2D eigenvalue weighted by Crippen LogP contribution is 2.43. The molecule has 0 aliphatic rings. The predicted molar refractivity (Wildman–Crippen MR) is 285 cm³/mol. The van der Waals surface area contributed by atoms with Gasteiger partial charge in [0.25, 0.3) is 0 Å². The van der Waals surface area contributed by atoms with Gasteiger partial charge in [0.1, 0.15) is 0 Å². The molecule has 0 amide bonds. The van der Waals surface area contributed by atoms with Crippen LogP contribution in [0.5, 0.6) is 0 Å². The lowest BCUT2D eigenvalue weighted by Crippen LogP contribution is -2.75. The predicted octanol–water partition coefficient (Wildman–Crippen LogP) is 14.9. The standard InChI is InChI=1S/C61H63ClN2Si/c1-44-42-56(58(62)57(43-44)65(53-20-14-11-15-21-53,54-22-16-12-17-23-54)55-24-18-13-19-25-55)64(51-36-30-47(31-37-51)61(8,9)10)52-40-38-50(39-41-52)63(48-32-26-45(27-33-48)59(2,3)4)49-34-28-46(29-35-49)60(5,6)7/h11-43H,1-10H3. The molecule has 0 bridgehead atoms. The van der Waals surface area contributed by atoms with E-state index in [9.17, 15) is 0 Å². The number of hydrogen-bond acceptors (Lipinski definition) is 2. The summed E-state index contributed by atoms with van der Waals surface area (Å²) >= 11 is 8.13. The van der Waals surface area contributed by atoms with E-state index in [-0.39, 0.29) is 16.2 Å². The first-order valence-electron chi connectivity index (χ1n) is 23.0. The Morgan fingerprint density at radius 2 is 0.631 bits per heavy atom. The summed E-state index contributed by atoms with van der Waals surface area (Å²) in [5.74, 6) is 0. The van der Waals surface area contributed by atoms with Crippen molar-refractivity contribution >= 4 is 74.5 Å². The van der Waals surface area contributed by atoms with Crippen LogP contribution in [0.2, 0.25) is 5.02 Å². The highest BCUT2D eigenvalue weighted by Gasteiger charge is 2.44. The molecule has 0 unspecified atom stereocenters. The van der Waals surface area contributed by atoms with Gasteiger partial charge in [0.2, 0.25) is 0 Å². The maximum atomic E-state index is 8.13. The van der Waals surface area contributed by atoms with Gasteiger partial charge in [-0.3, -0.25) is 0 Å². The van der Waals surface area contributed by atoms with Crippen molar-refractivity contribution in [2.45, 2.75) is 85.5 Å². The molecule has 8 aromatic carbocycles. The van der Waals surface area contributed by atoms with Crippen LogP contribution in [-0.2, 0) is 16.2 Å². The van der Waals surface area contributed by atoms with E-state index in [1.807, 2.05) is 0 Å². The number of benzene rings is 8. The Kier molecular flexibility index (Phi) is 12.6. The summed E-state index contributed by atoms with van der Waals surface area (Å²) in [6.07, 6.45) is 0. The van der Waals surface area contributed by atoms with Crippen LogP contribution < -0.4 is 30.5 Å². The molecule has 0 fully saturated rings. The van der Waals surface area contributed by atoms with Crippen molar-refractivity contribution in [3.05, 3.63) is 227 Å². The van der Waals surface area contributed by atoms with Gasteiger partial charge in [-0.05, 0) is 133 Å². The molecule has 0 N–H and O–H groups in total. The summed E-state index contributed by atoms with van der Waals surface area (Å²) in [6.45, 7) is 22.6. The van der Waals surface area contributed by atoms with E-state index in [4.69, 9.17) is 11.6 Å². The first-order chi connectivity index (χ1) is 31.0. The molecule has 0 radical (unpaired) electrons. The van der Waals surface area contributed by atoms with Gasteiger partial charge in [0, 0.05) is 28.4 Å². The molecule has 8 rings (SSSR count). The van der Waals surface area contributed by atoms with Gasteiger partial charge in [-0.1, -0.05) is 207 Å². The largest absolute Gasteiger partial charge is 0.311 e.